The van der Waals surface area contributed by atoms with Gasteiger partial charge >= 0.3 is 11.9 Å². The lowest BCUT2D eigenvalue weighted by Gasteiger charge is -2.07. The maximum Gasteiger partial charge on any atom is 0.310 e. The number of rotatable bonds is 9. The Balaban J connectivity index is 0.000000257. The summed E-state index contributed by atoms with van der Waals surface area (Å²) in [4.78, 5) is 22.4. The average molecular weight is 451 g/mol. The Hall–Kier alpha value is -3.80. The van der Waals surface area contributed by atoms with Gasteiger partial charge in [0.25, 0.3) is 0 Å². The number of esters is 2. The highest BCUT2D eigenvalue weighted by Gasteiger charge is 2.04. The summed E-state index contributed by atoms with van der Waals surface area (Å²) < 4.78 is 15.4. The van der Waals surface area contributed by atoms with Crippen LogP contribution in [-0.2, 0) is 38.5 Å². The van der Waals surface area contributed by atoms with E-state index in [1.54, 1.807) is 38.1 Å². The van der Waals surface area contributed by atoms with Gasteiger partial charge in [0.1, 0.15) is 18.1 Å². The van der Waals surface area contributed by atoms with E-state index < -0.39 is 0 Å². The van der Waals surface area contributed by atoms with Gasteiger partial charge in [-0.3, -0.25) is 9.59 Å². The van der Waals surface area contributed by atoms with Crippen molar-refractivity contribution in [3.63, 3.8) is 0 Å². The molecule has 0 bridgehead atoms. The molecule has 0 aliphatic heterocycles. The van der Waals surface area contributed by atoms with Crippen LogP contribution in [0.5, 0.6) is 11.5 Å². The molecule has 0 spiro atoms. The summed E-state index contributed by atoms with van der Waals surface area (Å²) in [7, 11) is 0. The standard InChI is InChI=1S/C17H18O3.C10H12O3/c1-2-19-17(18)12-14-8-10-16(11-9-14)20-13-15-6-4-3-5-7-15;1-2-13-10(12)7-8-3-5-9(11)6-4-8/h3-11H,2,12-13H2,1H3;3-6,11H,2,7H2,1H3. The van der Waals surface area contributed by atoms with Crippen molar-refractivity contribution in [2.24, 2.45) is 0 Å². The molecule has 3 aromatic carbocycles. The minimum absolute atomic E-state index is 0.201. The molecule has 0 fully saturated rings. The summed E-state index contributed by atoms with van der Waals surface area (Å²) in [5.74, 6) is 0.549. The summed E-state index contributed by atoms with van der Waals surface area (Å²) in [5, 5.41) is 8.98. The topological polar surface area (TPSA) is 82.1 Å². The average Bonchev–Trinajstić information content (AvgIpc) is 2.82. The van der Waals surface area contributed by atoms with Crippen molar-refractivity contribution in [2.75, 3.05) is 13.2 Å². The summed E-state index contributed by atoms with van der Waals surface area (Å²) in [5.41, 5.74) is 2.90. The number of hydrogen-bond donors (Lipinski definition) is 1. The molecule has 0 radical (unpaired) electrons. The molecule has 0 unspecified atom stereocenters. The van der Waals surface area contributed by atoms with Crippen molar-refractivity contribution in [1.29, 1.82) is 0 Å². The van der Waals surface area contributed by atoms with Crippen LogP contribution in [0.4, 0.5) is 0 Å². The van der Waals surface area contributed by atoms with Crippen molar-refractivity contribution >= 4 is 11.9 Å². The van der Waals surface area contributed by atoms with Crippen LogP contribution in [0.2, 0.25) is 0 Å². The number of carbonyl (C=O) groups is 2. The summed E-state index contributed by atoms with van der Waals surface area (Å²) in [6, 6.07) is 24.0. The molecule has 1 N–H and O–H groups in total. The zero-order chi connectivity index (χ0) is 23.9. The zero-order valence-corrected chi connectivity index (χ0v) is 19.0. The molecule has 6 heteroatoms. The van der Waals surface area contributed by atoms with Gasteiger partial charge in [-0.2, -0.15) is 0 Å². The van der Waals surface area contributed by atoms with Crippen molar-refractivity contribution in [1.82, 2.24) is 0 Å². The van der Waals surface area contributed by atoms with E-state index in [2.05, 4.69) is 0 Å². The van der Waals surface area contributed by atoms with Gasteiger partial charge in [-0.05, 0) is 54.8 Å². The van der Waals surface area contributed by atoms with E-state index in [0.717, 1.165) is 22.4 Å². The lowest BCUT2D eigenvalue weighted by molar-refractivity contribution is -0.143. The smallest absolute Gasteiger partial charge is 0.310 e. The Morgan fingerprint density at radius 2 is 1.15 bits per heavy atom. The Labute approximate surface area is 194 Å². The minimum Gasteiger partial charge on any atom is -0.508 e. The second-order valence-corrected chi connectivity index (χ2v) is 7.05. The Bertz CT molecular complexity index is 966. The van der Waals surface area contributed by atoms with Gasteiger partial charge in [-0.1, -0.05) is 54.6 Å². The number of carbonyl (C=O) groups excluding carboxylic acids is 2. The number of phenolic OH excluding ortho intramolecular Hbond substituents is 1. The van der Waals surface area contributed by atoms with Crippen LogP contribution in [0, 0.1) is 0 Å². The molecule has 0 atom stereocenters. The van der Waals surface area contributed by atoms with Gasteiger partial charge < -0.3 is 19.3 Å². The molecule has 0 aliphatic rings. The number of phenols is 1. The van der Waals surface area contributed by atoms with Crippen molar-refractivity contribution in [3.8, 4) is 11.5 Å². The lowest BCUT2D eigenvalue weighted by Crippen LogP contribution is -2.07. The molecule has 0 saturated carbocycles. The highest BCUT2D eigenvalue weighted by atomic mass is 16.5. The van der Waals surface area contributed by atoms with E-state index in [4.69, 9.17) is 19.3 Å². The Kier molecular flexibility index (Phi) is 11.0. The van der Waals surface area contributed by atoms with Gasteiger partial charge in [0.05, 0.1) is 26.1 Å². The summed E-state index contributed by atoms with van der Waals surface area (Å²) in [6.45, 7) is 4.93. The number of benzene rings is 3. The van der Waals surface area contributed by atoms with Gasteiger partial charge in [-0.15, -0.1) is 0 Å². The third-order valence-corrected chi connectivity index (χ3v) is 4.42. The number of ether oxygens (including phenoxy) is 3. The molecule has 0 heterocycles. The molecule has 0 saturated heterocycles. The maximum atomic E-state index is 11.4. The maximum absolute atomic E-state index is 11.4. The highest BCUT2D eigenvalue weighted by Crippen LogP contribution is 2.15. The summed E-state index contributed by atoms with van der Waals surface area (Å²) >= 11 is 0. The van der Waals surface area contributed by atoms with Gasteiger partial charge in [0.15, 0.2) is 0 Å². The van der Waals surface area contributed by atoms with Crippen molar-refractivity contribution in [3.05, 3.63) is 95.6 Å². The zero-order valence-electron chi connectivity index (χ0n) is 19.0. The highest BCUT2D eigenvalue weighted by molar-refractivity contribution is 5.73. The fourth-order valence-corrected chi connectivity index (χ4v) is 2.82. The van der Waals surface area contributed by atoms with E-state index in [1.165, 1.54) is 0 Å². The molecule has 174 valence electrons. The monoisotopic (exact) mass is 450 g/mol. The van der Waals surface area contributed by atoms with Crippen LogP contribution in [0.3, 0.4) is 0 Å². The molecule has 33 heavy (non-hydrogen) atoms. The third kappa shape index (κ3) is 10.4. The van der Waals surface area contributed by atoms with Crippen LogP contribution in [0.15, 0.2) is 78.9 Å². The molecular weight excluding hydrogens is 420 g/mol. The van der Waals surface area contributed by atoms with Crippen LogP contribution in [-0.4, -0.2) is 30.3 Å². The molecule has 6 nitrogen and oxygen atoms in total. The van der Waals surface area contributed by atoms with Gasteiger partial charge in [0, 0.05) is 0 Å². The minimum atomic E-state index is -0.242. The largest absolute Gasteiger partial charge is 0.508 e. The Morgan fingerprint density at radius 1 is 0.667 bits per heavy atom. The first-order chi connectivity index (χ1) is 16.0. The fourth-order valence-electron chi connectivity index (χ4n) is 2.82. The second-order valence-electron chi connectivity index (χ2n) is 7.05. The SMILES string of the molecule is CCOC(=O)Cc1ccc(O)cc1.CCOC(=O)Cc1ccc(OCc2ccccc2)cc1. The molecule has 0 amide bonds. The van der Waals surface area contributed by atoms with Crippen LogP contribution in [0.1, 0.15) is 30.5 Å². The normalized spacial score (nSPS) is 9.88. The van der Waals surface area contributed by atoms with E-state index in [-0.39, 0.29) is 24.1 Å². The molecule has 3 aromatic rings. The predicted molar refractivity (Wildman–Crippen MR) is 126 cm³/mol. The predicted octanol–water partition coefficient (Wildman–Crippen LogP) is 4.87. The van der Waals surface area contributed by atoms with E-state index in [9.17, 15) is 9.59 Å². The first kappa shape index (κ1) is 25.5. The fraction of sp³-hybridized carbons (Fsp3) is 0.259. The molecular formula is C27H30O6. The van der Waals surface area contributed by atoms with Gasteiger partial charge in [-0.25, -0.2) is 0 Å². The number of hydrogen-bond acceptors (Lipinski definition) is 6. The van der Waals surface area contributed by atoms with Crippen LogP contribution >= 0.6 is 0 Å². The van der Waals surface area contributed by atoms with Gasteiger partial charge in [0.2, 0.25) is 0 Å². The molecule has 0 aliphatic carbocycles. The van der Waals surface area contributed by atoms with Crippen LogP contribution in [0.25, 0.3) is 0 Å². The Morgan fingerprint density at radius 3 is 1.64 bits per heavy atom. The quantitative estimate of drug-likeness (QED) is 0.469. The summed E-state index contributed by atoms with van der Waals surface area (Å²) in [6.07, 6.45) is 0.556. The third-order valence-electron chi connectivity index (χ3n) is 4.42. The van der Waals surface area contributed by atoms with E-state index >= 15 is 0 Å². The van der Waals surface area contributed by atoms with Crippen molar-refractivity contribution in [2.45, 2.75) is 33.3 Å². The molecule has 3 rings (SSSR count). The molecule has 0 aromatic heterocycles. The van der Waals surface area contributed by atoms with E-state index in [1.807, 2.05) is 54.6 Å². The first-order valence-corrected chi connectivity index (χ1v) is 10.8. The number of aromatic hydroxyl groups is 1. The van der Waals surface area contributed by atoms with Crippen LogP contribution < -0.4 is 4.74 Å². The second kappa shape index (κ2) is 14.3. The van der Waals surface area contributed by atoms with E-state index in [0.29, 0.717) is 26.2 Å². The lowest BCUT2D eigenvalue weighted by atomic mass is 10.1. The first-order valence-electron chi connectivity index (χ1n) is 10.8. The van der Waals surface area contributed by atoms with Crippen molar-refractivity contribution < 1.29 is 28.9 Å².